The van der Waals surface area contributed by atoms with Gasteiger partial charge in [-0.05, 0) is 30.6 Å². The van der Waals surface area contributed by atoms with Crippen LogP contribution in [0.5, 0.6) is 0 Å². The molecule has 0 radical (unpaired) electrons. The molecule has 2 unspecified atom stereocenters. The lowest BCUT2D eigenvalue weighted by molar-refractivity contribution is 0.160. The third-order valence-electron chi connectivity index (χ3n) is 3.45. The summed E-state index contributed by atoms with van der Waals surface area (Å²) in [5, 5.41) is 1.46. The monoisotopic (exact) mass is 220 g/mol. The number of hydrogen-bond donors (Lipinski definition) is 0. The SMILES string of the molecule is CCC1CCC[Si](C)(c2ccccc2)O1. The van der Waals surface area contributed by atoms with Crippen LogP contribution in [0, 0.1) is 0 Å². The molecule has 2 rings (SSSR count). The minimum absolute atomic E-state index is 0.510. The van der Waals surface area contributed by atoms with Gasteiger partial charge in [-0.25, -0.2) is 0 Å². The fourth-order valence-corrected chi connectivity index (χ4v) is 5.78. The Morgan fingerprint density at radius 3 is 2.73 bits per heavy atom. The van der Waals surface area contributed by atoms with Crippen molar-refractivity contribution in [2.45, 2.75) is 44.9 Å². The highest BCUT2D eigenvalue weighted by Crippen LogP contribution is 2.27. The molecule has 1 saturated heterocycles. The van der Waals surface area contributed by atoms with E-state index in [0.29, 0.717) is 6.10 Å². The second-order valence-electron chi connectivity index (χ2n) is 4.64. The van der Waals surface area contributed by atoms with Crippen LogP contribution in [0.1, 0.15) is 26.2 Å². The molecule has 0 bridgehead atoms. The lowest BCUT2D eigenvalue weighted by Crippen LogP contribution is -2.52. The van der Waals surface area contributed by atoms with E-state index in [1.54, 1.807) is 0 Å². The second-order valence-corrected chi connectivity index (χ2v) is 8.41. The van der Waals surface area contributed by atoms with Crippen molar-refractivity contribution < 1.29 is 4.43 Å². The predicted octanol–water partition coefficient (Wildman–Crippen LogP) is 3.06. The van der Waals surface area contributed by atoms with Crippen LogP contribution in [0.4, 0.5) is 0 Å². The molecule has 2 atom stereocenters. The van der Waals surface area contributed by atoms with E-state index in [-0.39, 0.29) is 0 Å². The molecule has 0 spiro atoms. The summed E-state index contributed by atoms with van der Waals surface area (Å²) >= 11 is 0. The quantitative estimate of drug-likeness (QED) is 0.696. The molecule has 1 aromatic rings. The summed E-state index contributed by atoms with van der Waals surface area (Å²) in [6.07, 6.45) is 4.27. The van der Waals surface area contributed by atoms with Crippen molar-refractivity contribution in [1.29, 1.82) is 0 Å². The Morgan fingerprint density at radius 1 is 1.33 bits per heavy atom. The fourth-order valence-electron chi connectivity index (χ4n) is 2.44. The molecule has 0 aromatic heterocycles. The maximum absolute atomic E-state index is 6.35. The smallest absolute Gasteiger partial charge is 0.221 e. The zero-order chi connectivity index (χ0) is 10.7. The number of benzene rings is 1. The van der Waals surface area contributed by atoms with Crippen molar-refractivity contribution in [3.63, 3.8) is 0 Å². The van der Waals surface area contributed by atoms with Gasteiger partial charge >= 0.3 is 0 Å². The average Bonchev–Trinajstić information content (AvgIpc) is 2.30. The molecule has 0 aliphatic carbocycles. The first-order chi connectivity index (χ1) is 7.24. The highest BCUT2D eigenvalue weighted by Gasteiger charge is 2.36. The van der Waals surface area contributed by atoms with Gasteiger partial charge in [0.15, 0.2) is 0 Å². The topological polar surface area (TPSA) is 9.23 Å². The molecule has 15 heavy (non-hydrogen) atoms. The van der Waals surface area contributed by atoms with Crippen LogP contribution in [0.15, 0.2) is 30.3 Å². The third-order valence-corrected chi connectivity index (χ3v) is 7.16. The molecule has 1 aliphatic heterocycles. The first-order valence-electron chi connectivity index (χ1n) is 5.98. The Kier molecular flexibility index (Phi) is 3.27. The molecule has 1 heterocycles. The first-order valence-corrected chi connectivity index (χ1v) is 8.59. The molecular weight excluding hydrogens is 200 g/mol. The van der Waals surface area contributed by atoms with Crippen LogP contribution in [-0.2, 0) is 4.43 Å². The molecule has 2 heteroatoms. The summed E-state index contributed by atoms with van der Waals surface area (Å²) in [6.45, 7) is 4.60. The van der Waals surface area contributed by atoms with E-state index in [0.717, 1.165) is 6.42 Å². The van der Waals surface area contributed by atoms with Gasteiger partial charge in [-0.3, -0.25) is 0 Å². The van der Waals surface area contributed by atoms with Gasteiger partial charge in [0.1, 0.15) is 0 Å². The molecule has 1 aromatic carbocycles. The van der Waals surface area contributed by atoms with Crippen LogP contribution in [-0.4, -0.2) is 14.4 Å². The molecule has 1 nitrogen and oxygen atoms in total. The molecular formula is C13H20OSi. The number of hydrogen-bond acceptors (Lipinski definition) is 1. The molecule has 1 fully saturated rings. The van der Waals surface area contributed by atoms with Crippen molar-refractivity contribution in [2.75, 3.05) is 0 Å². The van der Waals surface area contributed by atoms with E-state index >= 15 is 0 Å². The Balaban J connectivity index is 2.19. The summed E-state index contributed by atoms with van der Waals surface area (Å²) in [4.78, 5) is 0. The third kappa shape index (κ3) is 2.32. The molecule has 1 aliphatic rings. The zero-order valence-corrected chi connectivity index (χ0v) is 10.7. The maximum Gasteiger partial charge on any atom is 0.221 e. The van der Waals surface area contributed by atoms with E-state index in [9.17, 15) is 0 Å². The standard InChI is InChI=1S/C13H20OSi/c1-3-12-8-7-11-15(2,14-12)13-9-5-4-6-10-13/h4-6,9-10,12H,3,7-8,11H2,1-2H3. The van der Waals surface area contributed by atoms with E-state index in [1.165, 1.54) is 24.1 Å². The number of rotatable bonds is 2. The normalized spacial score (nSPS) is 31.5. The Morgan fingerprint density at radius 2 is 2.07 bits per heavy atom. The minimum atomic E-state index is -1.60. The Labute approximate surface area is 93.6 Å². The van der Waals surface area contributed by atoms with Gasteiger partial charge in [-0.15, -0.1) is 0 Å². The van der Waals surface area contributed by atoms with Crippen LogP contribution < -0.4 is 5.19 Å². The van der Waals surface area contributed by atoms with Crippen molar-refractivity contribution in [3.05, 3.63) is 30.3 Å². The lowest BCUT2D eigenvalue weighted by atomic mass is 10.2. The highest BCUT2D eigenvalue weighted by molar-refractivity contribution is 6.85. The maximum atomic E-state index is 6.35. The van der Waals surface area contributed by atoms with Gasteiger partial charge in [-0.2, -0.15) is 0 Å². The average molecular weight is 220 g/mol. The van der Waals surface area contributed by atoms with Crippen LogP contribution in [0.3, 0.4) is 0 Å². The van der Waals surface area contributed by atoms with Crippen LogP contribution >= 0.6 is 0 Å². The van der Waals surface area contributed by atoms with Gasteiger partial charge in [0.2, 0.25) is 8.32 Å². The molecule has 0 N–H and O–H groups in total. The van der Waals surface area contributed by atoms with E-state index in [1.807, 2.05) is 0 Å². The summed E-state index contributed by atoms with van der Waals surface area (Å²) in [7, 11) is -1.60. The summed E-state index contributed by atoms with van der Waals surface area (Å²) < 4.78 is 6.35. The summed E-state index contributed by atoms with van der Waals surface area (Å²) in [5.41, 5.74) is 0. The van der Waals surface area contributed by atoms with Gasteiger partial charge in [0, 0.05) is 6.10 Å². The van der Waals surface area contributed by atoms with E-state index in [4.69, 9.17) is 4.43 Å². The van der Waals surface area contributed by atoms with Gasteiger partial charge in [-0.1, -0.05) is 43.7 Å². The van der Waals surface area contributed by atoms with Gasteiger partial charge in [0.05, 0.1) is 0 Å². The van der Waals surface area contributed by atoms with Crippen molar-refractivity contribution >= 4 is 13.5 Å². The fraction of sp³-hybridized carbons (Fsp3) is 0.538. The zero-order valence-electron chi connectivity index (χ0n) is 9.70. The summed E-state index contributed by atoms with van der Waals surface area (Å²) in [5.74, 6) is 0. The van der Waals surface area contributed by atoms with E-state index < -0.39 is 8.32 Å². The van der Waals surface area contributed by atoms with Gasteiger partial charge < -0.3 is 4.43 Å². The second kappa shape index (κ2) is 4.50. The highest BCUT2D eigenvalue weighted by atomic mass is 28.4. The van der Waals surface area contributed by atoms with Crippen molar-refractivity contribution in [2.24, 2.45) is 0 Å². The molecule has 82 valence electrons. The largest absolute Gasteiger partial charge is 0.410 e. The van der Waals surface area contributed by atoms with Crippen LogP contribution in [0.2, 0.25) is 12.6 Å². The van der Waals surface area contributed by atoms with E-state index in [2.05, 4.69) is 43.8 Å². The predicted molar refractivity (Wildman–Crippen MR) is 66.9 cm³/mol. The van der Waals surface area contributed by atoms with Gasteiger partial charge in [0.25, 0.3) is 0 Å². The summed E-state index contributed by atoms with van der Waals surface area (Å²) in [6, 6.07) is 12.1. The molecule has 0 saturated carbocycles. The van der Waals surface area contributed by atoms with Crippen molar-refractivity contribution in [1.82, 2.24) is 0 Å². The Bertz CT molecular complexity index is 312. The van der Waals surface area contributed by atoms with Crippen LogP contribution in [0.25, 0.3) is 0 Å². The lowest BCUT2D eigenvalue weighted by Gasteiger charge is -2.37. The van der Waals surface area contributed by atoms with Crippen molar-refractivity contribution in [3.8, 4) is 0 Å². The Hall–Kier alpha value is -0.603. The minimum Gasteiger partial charge on any atom is -0.410 e. The first kappa shape index (κ1) is 10.9. The molecule has 0 amide bonds.